The fraction of sp³-hybridized carbons (Fsp3) is 0.700. The van der Waals surface area contributed by atoms with Crippen molar-refractivity contribution in [3.05, 3.63) is 34.9 Å². The highest BCUT2D eigenvalue weighted by molar-refractivity contribution is 7.98. The molecule has 2 N–H and O–H groups in total. The minimum atomic E-state index is -0.818. The average Bonchev–Trinajstić information content (AvgIpc) is 2.76. The lowest BCUT2D eigenvalue weighted by atomic mass is 9.95. The molecule has 3 amide bonds. The number of carbonyl (C=O) groups is 3. The van der Waals surface area contributed by atoms with E-state index in [4.69, 9.17) is 4.74 Å². The van der Waals surface area contributed by atoms with Crippen LogP contribution in [0, 0.1) is 13.8 Å². The molecule has 1 rings (SSSR count). The highest BCUT2D eigenvalue weighted by Gasteiger charge is 2.37. The monoisotopic (exact) mass is 549 g/mol. The molecule has 2 unspecified atom stereocenters. The number of hydrogen-bond donors (Lipinski definition) is 2. The molecule has 0 saturated carbocycles. The number of alkyl carbamates (subject to hydrolysis) is 1. The molecular weight excluding hydrogens is 498 g/mol. The van der Waals surface area contributed by atoms with Gasteiger partial charge < -0.3 is 20.3 Å². The van der Waals surface area contributed by atoms with E-state index >= 15 is 0 Å². The van der Waals surface area contributed by atoms with Crippen LogP contribution in [0.15, 0.2) is 18.2 Å². The molecule has 38 heavy (non-hydrogen) atoms. The largest absolute Gasteiger partial charge is 0.444 e. The molecule has 0 aliphatic carbocycles. The van der Waals surface area contributed by atoms with Crippen molar-refractivity contribution in [3.63, 3.8) is 0 Å². The number of nitrogens with one attached hydrogen (secondary N) is 2. The van der Waals surface area contributed by atoms with E-state index in [0.717, 1.165) is 42.4 Å². The number of unbranched alkanes of at least 4 members (excludes halogenated alkanes) is 3. The molecule has 0 bridgehead atoms. The van der Waals surface area contributed by atoms with Crippen LogP contribution in [0.5, 0.6) is 0 Å². The van der Waals surface area contributed by atoms with Crippen LogP contribution in [0.4, 0.5) is 4.79 Å². The summed E-state index contributed by atoms with van der Waals surface area (Å²) >= 11 is 1.60. The van der Waals surface area contributed by atoms with Crippen molar-refractivity contribution in [3.8, 4) is 0 Å². The average molecular weight is 550 g/mol. The minimum Gasteiger partial charge on any atom is -0.444 e. The fourth-order valence-electron chi connectivity index (χ4n) is 4.24. The molecule has 0 spiro atoms. The van der Waals surface area contributed by atoms with E-state index in [2.05, 4.69) is 17.6 Å². The zero-order valence-corrected chi connectivity index (χ0v) is 26.1. The lowest BCUT2D eigenvalue weighted by Crippen LogP contribution is -2.55. The Morgan fingerprint density at radius 3 is 2.21 bits per heavy atom. The maximum absolute atomic E-state index is 14.2. The normalized spacial score (nSPS) is 13.4. The van der Waals surface area contributed by atoms with Gasteiger partial charge in [-0.15, -0.1) is 0 Å². The molecule has 0 aliphatic rings. The van der Waals surface area contributed by atoms with Gasteiger partial charge in [-0.25, -0.2) is 4.79 Å². The lowest BCUT2D eigenvalue weighted by Gasteiger charge is -2.36. The summed E-state index contributed by atoms with van der Waals surface area (Å²) in [6.45, 7) is 17.7. The van der Waals surface area contributed by atoms with Crippen LogP contribution in [-0.2, 0) is 14.3 Å². The van der Waals surface area contributed by atoms with E-state index in [1.54, 1.807) is 37.4 Å². The molecule has 0 aromatic heterocycles. The first-order valence-corrected chi connectivity index (χ1v) is 15.2. The van der Waals surface area contributed by atoms with Gasteiger partial charge in [0.25, 0.3) is 0 Å². The highest BCUT2D eigenvalue weighted by atomic mass is 32.2. The minimum absolute atomic E-state index is 0.228. The van der Waals surface area contributed by atoms with Crippen molar-refractivity contribution in [2.24, 2.45) is 0 Å². The van der Waals surface area contributed by atoms with E-state index in [9.17, 15) is 14.4 Å². The van der Waals surface area contributed by atoms with Gasteiger partial charge in [0.05, 0.1) is 0 Å². The van der Waals surface area contributed by atoms with E-state index in [0.29, 0.717) is 18.7 Å². The second kappa shape index (κ2) is 15.4. The Morgan fingerprint density at radius 1 is 1.03 bits per heavy atom. The van der Waals surface area contributed by atoms with Crippen molar-refractivity contribution in [2.75, 3.05) is 18.6 Å². The number of aryl methyl sites for hydroxylation is 2. The Labute approximate surface area is 235 Å². The van der Waals surface area contributed by atoms with Gasteiger partial charge in [0, 0.05) is 12.1 Å². The van der Waals surface area contributed by atoms with Gasteiger partial charge in [-0.1, -0.05) is 49.9 Å². The lowest BCUT2D eigenvalue weighted by molar-refractivity contribution is -0.143. The maximum Gasteiger partial charge on any atom is 0.408 e. The van der Waals surface area contributed by atoms with Crippen molar-refractivity contribution < 1.29 is 19.1 Å². The second-order valence-corrected chi connectivity index (χ2v) is 13.1. The smallest absolute Gasteiger partial charge is 0.408 e. The van der Waals surface area contributed by atoms with Gasteiger partial charge in [-0.05, 0) is 91.4 Å². The summed E-state index contributed by atoms with van der Waals surface area (Å²) in [5, 5.41) is 5.91. The standard InChI is InChI=1S/C30H51N3O4S/c1-11-12-13-14-18-33(27(35)24(17-19-38-10)31-28(36)37-30(7,8)9)25(26(34)32-29(4,5)6)23-16-15-21(2)20-22(23)3/h15-16,20,24-25H,11-14,17-19H2,1-10H3,(H,31,36)(H,32,34). The number of thioether (sulfide) groups is 1. The van der Waals surface area contributed by atoms with Crippen LogP contribution < -0.4 is 10.6 Å². The first-order chi connectivity index (χ1) is 17.6. The number of rotatable bonds is 13. The first-order valence-electron chi connectivity index (χ1n) is 13.8. The predicted octanol–water partition coefficient (Wildman–Crippen LogP) is 6.31. The predicted molar refractivity (Wildman–Crippen MR) is 159 cm³/mol. The molecular formula is C30H51N3O4S. The van der Waals surface area contributed by atoms with E-state index in [1.807, 2.05) is 59.1 Å². The zero-order valence-electron chi connectivity index (χ0n) is 25.3. The van der Waals surface area contributed by atoms with Gasteiger partial charge in [0.15, 0.2) is 0 Å². The van der Waals surface area contributed by atoms with E-state index in [1.165, 1.54) is 0 Å². The van der Waals surface area contributed by atoms with Gasteiger partial charge in [0.1, 0.15) is 17.7 Å². The Kier molecular flexibility index (Phi) is 13.7. The Balaban J connectivity index is 3.56. The van der Waals surface area contributed by atoms with Crippen molar-refractivity contribution in [1.29, 1.82) is 0 Å². The van der Waals surface area contributed by atoms with Crippen LogP contribution in [0.2, 0.25) is 0 Å². The molecule has 0 aliphatic heterocycles. The third kappa shape index (κ3) is 12.1. The molecule has 2 atom stereocenters. The molecule has 7 nitrogen and oxygen atoms in total. The number of amides is 3. The van der Waals surface area contributed by atoms with Gasteiger partial charge in [-0.2, -0.15) is 11.8 Å². The molecule has 1 aromatic rings. The van der Waals surface area contributed by atoms with Crippen LogP contribution >= 0.6 is 11.8 Å². The number of nitrogens with zero attached hydrogens (tertiary/aromatic N) is 1. The Morgan fingerprint density at radius 2 is 1.68 bits per heavy atom. The van der Waals surface area contributed by atoms with Crippen LogP contribution in [0.3, 0.4) is 0 Å². The quantitative estimate of drug-likeness (QED) is 0.281. The fourth-order valence-corrected chi connectivity index (χ4v) is 4.71. The molecule has 8 heteroatoms. The number of hydrogen-bond acceptors (Lipinski definition) is 5. The summed E-state index contributed by atoms with van der Waals surface area (Å²) < 4.78 is 5.48. The highest BCUT2D eigenvalue weighted by Crippen LogP contribution is 2.28. The summed E-state index contributed by atoms with van der Waals surface area (Å²) in [6, 6.07) is 4.34. The summed E-state index contributed by atoms with van der Waals surface area (Å²) in [6.07, 6.45) is 5.61. The SMILES string of the molecule is CCCCCCN(C(=O)C(CCSC)NC(=O)OC(C)(C)C)C(C(=O)NC(C)(C)C)c1ccc(C)cc1C. The summed E-state index contributed by atoms with van der Waals surface area (Å²) in [4.78, 5) is 42.5. The van der Waals surface area contributed by atoms with Gasteiger partial charge in [0.2, 0.25) is 11.8 Å². The molecule has 0 heterocycles. The third-order valence-corrected chi connectivity index (χ3v) is 6.56. The van der Waals surface area contributed by atoms with E-state index in [-0.39, 0.29) is 11.8 Å². The molecule has 1 aromatic carbocycles. The summed E-state index contributed by atoms with van der Waals surface area (Å²) in [5.74, 6) is 0.183. The first kappa shape index (κ1) is 33.8. The Hall–Kier alpha value is -2.22. The molecule has 0 saturated heterocycles. The van der Waals surface area contributed by atoms with Gasteiger partial charge >= 0.3 is 6.09 Å². The third-order valence-electron chi connectivity index (χ3n) is 5.91. The number of carbonyl (C=O) groups excluding carboxylic acids is 3. The molecule has 0 fully saturated rings. The number of benzene rings is 1. The maximum atomic E-state index is 14.2. The zero-order chi connectivity index (χ0) is 29.1. The number of ether oxygens (including phenoxy) is 1. The van der Waals surface area contributed by atoms with Crippen LogP contribution in [0.1, 0.15) is 103 Å². The summed E-state index contributed by atoms with van der Waals surface area (Å²) in [7, 11) is 0. The van der Waals surface area contributed by atoms with Crippen molar-refractivity contribution in [2.45, 2.75) is 118 Å². The molecule has 0 radical (unpaired) electrons. The van der Waals surface area contributed by atoms with Crippen molar-refractivity contribution in [1.82, 2.24) is 15.5 Å². The second-order valence-electron chi connectivity index (χ2n) is 12.1. The topological polar surface area (TPSA) is 87.7 Å². The summed E-state index contributed by atoms with van der Waals surface area (Å²) in [5.41, 5.74) is 1.67. The van der Waals surface area contributed by atoms with Crippen LogP contribution in [-0.4, -0.2) is 58.5 Å². The molecule has 216 valence electrons. The van der Waals surface area contributed by atoms with Gasteiger partial charge in [-0.3, -0.25) is 9.59 Å². The van der Waals surface area contributed by atoms with E-state index < -0.39 is 29.3 Å². The Bertz CT molecular complexity index is 921. The van der Waals surface area contributed by atoms with Crippen LogP contribution in [0.25, 0.3) is 0 Å². The van der Waals surface area contributed by atoms with Crippen molar-refractivity contribution >= 4 is 29.7 Å².